The Morgan fingerprint density at radius 3 is 2.60 bits per heavy atom. The van der Waals surface area contributed by atoms with Crippen LogP contribution in [0, 0.1) is 0 Å². The lowest BCUT2D eigenvalue weighted by atomic mass is 9.82. The van der Waals surface area contributed by atoms with E-state index in [0.29, 0.717) is 18.0 Å². The average molecular weight is 293 g/mol. The van der Waals surface area contributed by atoms with Crippen LogP contribution in [-0.2, 0) is 0 Å². The molecule has 2 bridgehead atoms. The van der Waals surface area contributed by atoms with Crippen molar-refractivity contribution in [2.75, 3.05) is 11.4 Å². The van der Waals surface area contributed by atoms with Crippen LogP contribution in [0.3, 0.4) is 0 Å². The molecular weight excluding hydrogens is 266 g/mol. The normalized spacial score (nSPS) is 30.0. The molecule has 0 radical (unpaired) electrons. The zero-order chi connectivity index (χ0) is 14.1. The van der Waals surface area contributed by atoms with Crippen molar-refractivity contribution in [2.24, 2.45) is 0 Å². The molecule has 20 heavy (non-hydrogen) atoms. The Bertz CT molecular complexity index is 429. The largest absolute Gasteiger partial charge is 0.342 e. The molecule has 2 aliphatic rings. The van der Waals surface area contributed by atoms with Gasteiger partial charge < -0.3 is 10.2 Å². The second kappa shape index (κ2) is 6.02. The first kappa shape index (κ1) is 14.3. The summed E-state index contributed by atoms with van der Waals surface area (Å²) in [6.45, 7) is 7.78. The van der Waals surface area contributed by atoms with Crippen molar-refractivity contribution in [2.45, 2.75) is 76.9 Å². The highest BCUT2D eigenvalue weighted by Gasteiger charge is 2.39. The first-order valence-corrected chi connectivity index (χ1v) is 9.04. The molecule has 4 heteroatoms. The van der Waals surface area contributed by atoms with Crippen molar-refractivity contribution < 1.29 is 0 Å². The maximum atomic E-state index is 4.91. The molecule has 0 saturated carbocycles. The number of thiazole rings is 1. The monoisotopic (exact) mass is 293 g/mol. The van der Waals surface area contributed by atoms with Gasteiger partial charge in [-0.15, -0.1) is 11.3 Å². The standard InChI is InChI=1S/C16H27N3S/c1-4-17-12-8-13-6-5-7-14(9-12)19(13)16-18-15(10-20-16)11(2)3/h10-14,17H,4-9H2,1-3H3. The van der Waals surface area contributed by atoms with Crippen LogP contribution < -0.4 is 10.2 Å². The molecule has 0 spiro atoms. The molecule has 0 aromatic carbocycles. The van der Waals surface area contributed by atoms with Gasteiger partial charge in [-0.05, 0) is 44.6 Å². The van der Waals surface area contributed by atoms with Gasteiger partial charge in [-0.3, -0.25) is 0 Å². The van der Waals surface area contributed by atoms with E-state index in [9.17, 15) is 0 Å². The number of hydrogen-bond donors (Lipinski definition) is 1. The van der Waals surface area contributed by atoms with Crippen molar-refractivity contribution in [3.8, 4) is 0 Å². The molecule has 3 nitrogen and oxygen atoms in total. The van der Waals surface area contributed by atoms with Crippen LogP contribution in [0.25, 0.3) is 0 Å². The van der Waals surface area contributed by atoms with E-state index < -0.39 is 0 Å². The van der Waals surface area contributed by atoms with Crippen molar-refractivity contribution in [3.63, 3.8) is 0 Å². The van der Waals surface area contributed by atoms with Gasteiger partial charge in [-0.25, -0.2) is 4.98 Å². The molecule has 1 aromatic heterocycles. The van der Waals surface area contributed by atoms with Gasteiger partial charge in [0.25, 0.3) is 0 Å². The van der Waals surface area contributed by atoms with Gasteiger partial charge in [0.1, 0.15) is 0 Å². The van der Waals surface area contributed by atoms with Gasteiger partial charge in [0, 0.05) is 23.5 Å². The molecule has 0 aliphatic carbocycles. The van der Waals surface area contributed by atoms with Crippen molar-refractivity contribution in [1.82, 2.24) is 10.3 Å². The Kier molecular flexibility index (Phi) is 4.32. The fourth-order valence-corrected chi connectivity index (χ4v) is 4.94. The lowest BCUT2D eigenvalue weighted by Gasteiger charge is -2.49. The lowest BCUT2D eigenvalue weighted by molar-refractivity contribution is 0.247. The summed E-state index contributed by atoms with van der Waals surface area (Å²) in [5, 5.41) is 7.20. The third-order valence-corrected chi connectivity index (χ3v) is 5.66. The van der Waals surface area contributed by atoms with Gasteiger partial charge in [-0.2, -0.15) is 0 Å². The smallest absolute Gasteiger partial charge is 0.186 e. The van der Waals surface area contributed by atoms with Gasteiger partial charge in [0.2, 0.25) is 0 Å². The molecule has 1 aromatic rings. The predicted octanol–water partition coefficient (Wildman–Crippen LogP) is 3.77. The first-order chi connectivity index (χ1) is 9.69. The van der Waals surface area contributed by atoms with Crippen molar-refractivity contribution >= 4 is 16.5 Å². The minimum Gasteiger partial charge on any atom is -0.342 e. The van der Waals surface area contributed by atoms with E-state index in [1.54, 1.807) is 0 Å². The van der Waals surface area contributed by atoms with Crippen molar-refractivity contribution in [1.29, 1.82) is 0 Å². The fourth-order valence-electron chi connectivity index (χ4n) is 3.81. The zero-order valence-corrected chi connectivity index (χ0v) is 13.7. The quantitative estimate of drug-likeness (QED) is 0.916. The molecule has 112 valence electrons. The van der Waals surface area contributed by atoms with Crippen molar-refractivity contribution in [3.05, 3.63) is 11.1 Å². The number of hydrogen-bond acceptors (Lipinski definition) is 4. The Morgan fingerprint density at radius 2 is 2.05 bits per heavy atom. The maximum absolute atomic E-state index is 4.91. The molecule has 3 rings (SSSR count). The van der Waals surface area contributed by atoms with Gasteiger partial charge in [-0.1, -0.05) is 20.8 Å². The summed E-state index contributed by atoms with van der Waals surface area (Å²) in [5.41, 5.74) is 1.26. The molecule has 2 saturated heterocycles. The summed E-state index contributed by atoms with van der Waals surface area (Å²) in [6, 6.07) is 2.13. The molecule has 1 N–H and O–H groups in total. The zero-order valence-electron chi connectivity index (χ0n) is 12.9. The van der Waals surface area contributed by atoms with E-state index in [1.807, 2.05) is 11.3 Å². The van der Waals surface area contributed by atoms with E-state index in [0.717, 1.165) is 12.6 Å². The highest BCUT2D eigenvalue weighted by Crippen LogP contribution is 2.39. The van der Waals surface area contributed by atoms with E-state index in [-0.39, 0.29) is 0 Å². The van der Waals surface area contributed by atoms with Crippen LogP contribution >= 0.6 is 11.3 Å². The topological polar surface area (TPSA) is 28.2 Å². The van der Waals surface area contributed by atoms with Crippen LogP contribution in [0.15, 0.2) is 5.38 Å². The summed E-state index contributed by atoms with van der Waals surface area (Å²) < 4.78 is 0. The first-order valence-electron chi connectivity index (χ1n) is 8.16. The minimum atomic E-state index is 0.541. The molecular formula is C16H27N3S. The highest BCUT2D eigenvalue weighted by atomic mass is 32.1. The summed E-state index contributed by atoms with van der Waals surface area (Å²) in [5.74, 6) is 0.541. The average Bonchev–Trinajstić information content (AvgIpc) is 2.87. The van der Waals surface area contributed by atoms with Crippen LogP contribution in [0.5, 0.6) is 0 Å². The summed E-state index contributed by atoms with van der Waals surface area (Å²) in [4.78, 5) is 7.57. The van der Waals surface area contributed by atoms with Gasteiger partial charge in [0.15, 0.2) is 5.13 Å². The maximum Gasteiger partial charge on any atom is 0.186 e. The molecule has 3 heterocycles. The molecule has 2 atom stereocenters. The van der Waals surface area contributed by atoms with Crippen LogP contribution in [-0.4, -0.2) is 29.7 Å². The number of nitrogens with one attached hydrogen (secondary N) is 1. The third kappa shape index (κ3) is 2.73. The highest BCUT2D eigenvalue weighted by molar-refractivity contribution is 7.13. The van der Waals surface area contributed by atoms with E-state index >= 15 is 0 Å². The number of rotatable bonds is 4. The minimum absolute atomic E-state index is 0.541. The number of aromatic nitrogens is 1. The SMILES string of the molecule is CCNC1CC2CCCC(C1)N2c1nc(C(C)C)cs1. The van der Waals surface area contributed by atoms with Gasteiger partial charge in [0.05, 0.1) is 5.69 Å². The van der Waals surface area contributed by atoms with Crippen LogP contribution in [0.2, 0.25) is 0 Å². The van der Waals surface area contributed by atoms with Crippen LogP contribution in [0.4, 0.5) is 5.13 Å². The number of fused-ring (bicyclic) bond motifs is 2. The summed E-state index contributed by atoms with van der Waals surface area (Å²) >= 11 is 1.85. The summed E-state index contributed by atoms with van der Waals surface area (Å²) in [6.07, 6.45) is 6.67. The van der Waals surface area contributed by atoms with Crippen LogP contribution in [0.1, 0.15) is 64.5 Å². The second-order valence-corrected chi connectivity index (χ2v) is 7.42. The Morgan fingerprint density at radius 1 is 1.35 bits per heavy atom. The number of piperidine rings is 2. The molecule has 2 fully saturated rings. The van der Waals surface area contributed by atoms with E-state index in [1.165, 1.54) is 42.9 Å². The molecule has 2 unspecified atom stereocenters. The number of nitrogens with zero attached hydrogens (tertiary/aromatic N) is 2. The predicted molar refractivity (Wildman–Crippen MR) is 86.8 cm³/mol. The third-order valence-electron chi connectivity index (χ3n) is 4.79. The Balaban J connectivity index is 1.78. The molecule has 2 aliphatic heterocycles. The Labute approximate surface area is 126 Å². The summed E-state index contributed by atoms with van der Waals surface area (Å²) in [7, 11) is 0. The van der Waals surface area contributed by atoms with E-state index in [2.05, 4.69) is 36.4 Å². The lowest BCUT2D eigenvalue weighted by Crippen LogP contribution is -2.56. The number of anilines is 1. The molecule has 0 amide bonds. The fraction of sp³-hybridized carbons (Fsp3) is 0.812. The second-order valence-electron chi connectivity index (χ2n) is 6.58. The van der Waals surface area contributed by atoms with E-state index in [4.69, 9.17) is 4.98 Å². The Hall–Kier alpha value is -0.610. The van der Waals surface area contributed by atoms with Gasteiger partial charge >= 0.3 is 0 Å².